The Morgan fingerprint density at radius 2 is 1.85 bits per heavy atom. The molecule has 1 fully saturated rings. The van der Waals surface area contributed by atoms with Crippen molar-refractivity contribution in [2.45, 2.75) is 52.1 Å². The van der Waals surface area contributed by atoms with E-state index in [2.05, 4.69) is 18.2 Å². The number of aliphatic hydroxyl groups is 1. The van der Waals surface area contributed by atoms with Crippen LogP contribution in [0.5, 0.6) is 5.75 Å². The highest BCUT2D eigenvalue weighted by atomic mass is 16.5. The molecule has 0 amide bonds. The third-order valence-corrected chi connectivity index (χ3v) is 3.92. The molecule has 20 heavy (non-hydrogen) atoms. The summed E-state index contributed by atoms with van der Waals surface area (Å²) in [5.41, 5.74) is 2.33. The van der Waals surface area contributed by atoms with Crippen molar-refractivity contribution in [2.75, 3.05) is 6.61 Å². The number of ether oxygens (including phenoxy) is 1. The standard InChI is InChI=1S/C18H26O2/c1-14(2)20-18-10-8-15(9-11-18)12-17(13-19)16-6-4-3-5-7-16/h8-12,14,16,19H,3-7,13H2,1-2H3/b17-12-. The molecule has 2 heteroatoms. The third kappa shape index (κ3) is 4.38. The van der Waals surface area contributed by atoms with Gasteiger partial charge in [-0.05, 0) is 55.9 Å². The smallest absolute Gasteiger partial charge is 0.119 e. The summed E-state index contributed by atoms with van der Waals surface area (Å²) in [4.78, 5) is 0. The molecule has 0 aliphatic heterocycles. The summed E-state index contributed by atoms with van der Waals surface area (Å²) in [5.74, 6) is 1.47. The van der Waals surface area contributed by atoms with Gasteiger partial charge in [0.1, 0.15) is 5.75 Å². The van der Waals surface area contributed by atoms with Crippen molar-refractivity contribution < 1.29 is 9.84 Å². The Balaban J connectivity index is 2.06. The van der Waals surface area contributed by atoms with Crippen LogP contribution in [0, 0.1) is 5.92 Å². The van der Waals surface area contributed by atoms with E-state index in [-0.39, 0.29) is 12.7 Å². The first kappa shape index (κ1) is 15.1. The van der Waals surface area contributed by atoms with Crippen LogP contribution in [0.25, 0.3) is 6.08 Å². The van der Waals surface area contributed by atoms with E-state index < -0.39 is 0 Å². The van der Waals surface area contributed by atoms with Crippen molar-refractivity contribution in [1.29, 1.82) is 0 Å². The summed E-state index contributed by atoms with van der Waals surface area (Å²) in [6, 6.07) is 8.13. The van der Waals surface area contributed by atoms with Gasteiger partial charge in [0.25, 0.3) is 0 Å². The van der Waals surface area contributed by atoms with Crippen molar-refractivity contribution in [1.82, 2.24) is 0 Å². The Morgan fingerprint density at radius 3 is 2.40 bits per heavy atom. The van der Waals surface area contributed by atoms with Gasteiger partial charge < -0.3 is 9.84 Å². The lowest BCUT2D eigenvalue weighted by Gasteiger charge is -2.23. The second kappa shape index (κ2) is 7.49. The Labute approximate surface area is 122 Å². The van der Waals surface area contributed by atoms with E-state index in [4.69, 9.17) is 4.74 Å². The first-order chi connectivity index (χ1) is 9.69. The summed E-state index contributed by atoms with van der Waals surface area (Å²) >= 11 is 0. The van der Waals surface area contributed by atoms with E-state index in [9.17, 15) is 5.11 Å². The zero-order chi connectivity index (χ0) is 14.4. The molecule has 1 aromatic carbocycles. The monoisotopic (exact) mass is 274 g/mol. The molecule has 0 saturated heterocycles. The van der Waals surface area contributed by atoms with Crippen LogP contribution >= 0.6 is 0 Å². The SMILES string of the molecule is CC(C)Oc1ccc(/C=C(/CO)C2CCCCC2)cc1. The molecule has 1 aliphatic rings. The minimum atomic E-state index is 0.176. The van der Waals surface area contributed by atoms with Crippen LogP contribution in [0.2, 0.25) is 0 Å². The maximum atomic E-state index is 9.62. The van der Waals surface area contributed by atoms with Crippen LogP contribution < -0.4 is 4.74 Å². The first-order valence-corrected chi connectivity index (χ1v) is 7.77. The topological polar surface area (TPSA) is 29.5 Å². The quantitative estimate of drug-likeness (QED) is 0.860. The fourth-order valence-electron chi connectivity index (χ4n) is 2.89. The lowest BCUT2D eigenvalue weighted by atomic mass is 9.83. The number of aliphatic hydroxyl groups excluding tert-OH is 1. The van der Waals surface area contributed by atoms with E-state index in [0.717, 1.165) is 11.3 Å². The Hall–Kier alpha value is -1.28. The molecular weight excluding hydrogens is 248 g/mol. The van der Waals surface area contributed by atoms with Crippen molar-refractivity contribution in [3.63, 3.8) is 0 Å². The van der Waals surface area contributed by atoms with Crippen LogP contribution in [-0.2, 0) is 0 Å². The van der Waals surface area contributed by atoms with Crippen LogP contribution in [0.1, 0.15) is 51.5 Å². The van der Waals surface area contributed by atoms with E-state index in [1.807, 2.05) is 26.0 Å². The van der Waals surface area contributed by atoms with Gasteiger partial charge in [0.2, 0.25) is 0 Å². The zero-order valence-corrected chi connectivity index (χ0v) is 12.6. The fraction of sp³-hybridized carbons (Fsp3) is 0.556. The zero-order valence-electron chi connectivity index (χ0n) is 12.6. The lowest BCUT2D eigenvalue weighted by molar-refractivity contribution is 0.242. The number of benzene rings is 1. The maximum Gasteiger partial charge on any atom is 0.119 e. The van der Waals surface area contributed by atoms with Gasteiger partial charge in [0, 0.05) is 0 Å². The highest BCUT2D eigenvalue weighted by Gasteiger charge is 2.17. The molecule has 0 radical (unpaired) electrons. The largest absolute Gasteiger partial charge is 0.491 e. The van der Waals surface area contributed by atoms with Crippen LogP contribution in [0.4, 0.5) is 0 Å². The van der Waals surface area contributed by atoms with Gasteiger partial charge in [-0.3, -0.25) is 0 Å². The molecule has 2 rings (SSSR count). The van der Waals surface area contributed by atoms with Crippen molar-refractivity contribution in [3.05, 3.63) is 35.4 Å². The van der Waals surface area contributed by atoms with E-state index >= 15 is 0 Å². The molecule has 1 aliphatic carbocycles. The number of rotatable bonds is 5. The molecule has 0 aromatic heterocycles. The van der Waals surface area contributed by atoms with Gasteiger partial charge in [-0.1, -0.05) is 37.5 Å². The second-order valence-electron chi connectivity index (χ2n) is 5.95. The average molecular weight is 274 g/mol. The van der Waals surface area contributed by atoms with Crippen LogP contribution in [-0.4, -0.2) is 17.8 Å². The van der Waals surface area contributed by atoms with Crippen LogP contribution in [0.3, 0.4) is 0 Å². The Bertz CT molecular complexity index is 425. The second-order valence-corrected chi connectivity index (χ2v) is 5.95. The number of hydrogen-bond donors (Lipinski definition) is 1. The summed E-state index contributed by atoms with van der Waals surface area (Å²) in [6.45, 7) is 4.23. The molecule has 1 saturated carbocycles. The molecule has 0 atom stereocenters. The Kier molecular flexibility index (Phi) is 5.66. The predicted molar refractivity (Wildman–Crippen MR) is 83.8 cm³/mol. The van der Waals surface area contributed by atoms with Gasteiger partial charge in [-0.2, -0.15) is 0 Å². The van der Waals surface area contributed by atoms with Crippen molar-refractivity contribution >= 4 is 6.08 Å². The molecule has 0 spiro atoms. The highest BCUT2D eigenvalue weighted by molar-refractivity contribution is 5.54. The minimum Gasteiger partial charge on any atom is -0.491 e. The van der Waals surface area contributed by atoms with Crippen LogP contribution in [0.15, 0.2) is 29.8 Å². The van der Waals surface area contributed by atoms with Gasteiger partial charge >= 0.3 is 0 Å². The minimum absolute atomic E-state index is 0.176. The summed E-state index contributed by atoms with van der Waals surface area (Å²) in [5, 5.41) is 9.62. The highest BCUT2D eigenvalue weighted by Crippen LogP contribution is 2.30. The van der Waals surface area contributed by atoms with E-state index in [1.54, 1.807) is 0 Å². The Morgan fingerprint density at radius 1 is 1.20 bits per heavy atom. The summed E-state index contributed by atoms with van der Waals surface area (Å²) < 4.78 is 5.65. The molecule has 1 N–H and O–H groups in total. The predicted octanol–water partition coefficient (Wildman–Crippen LogP) is 4.43. The van der Waals surface area contributed by atoms with Gasteiger partial charge in [0.15, 0.2) is 0 Å². The van der Waals surface area contributed by atoms with E-state index in [1.165, 1.54) is 37.7 Å². The molecule has 0 unspecified atom stereocenters. The fourth-order valence-corrected chi connectivity index (χ4v) is 2.89. The molecule has 2 nitrogen and oxygen atoms in total. The molecule has 1 aromatic rings. The van der Waals surface area contributed by atoms with Gasteiger partial charge in [-0.25, -0.2) is 0 Å². The normalized spacial score (nSPS) is 17.5. The van der Waals surface area contributed by atoms with Crippen molar-refractivity contribution in [3.8, 4) is 5.75 Å². The van der Waals surface area contributed by atoms with Crippen molar-refractivity contribution in [2.24, 2.45) is 5.92 Å². The lowest BCUT2D eigenvalue weighted by Crippen LogP contribution is -2.11. The first-order valence-electron chi connectivity index (χ1n) is 7.77. The van der Waals surface area contributed by atoms with Gasteiger partial charge in [-0.15, -0.1) is 0 Å². The summed E-state index contributed by atoms with van der Waals surface area (Å²) in [7, 11) is 0. The average Bonchev–Trinajstić information content (AvgIpc) is 2.47. The third-order valence-electron chi connectivity index (χ3n) is 3.92. The molecule has 110 valence electrons. The summed E-state index contributed by atoms with van der Waals surface area (Å²) in [6.07, 6.45) is 8.73. The van der Waals surface area contributed by atoms with E-state index in [0.29, 0.717) is 5.92 Å². The number of hydrogen-bond acceptors (Lipinski definition) is 2. The molecular formula is C18H26O2. The van der Waals surface area contributed by atoms with Gasteiger partial charge in [0.05, 0.1) is 12.7 Å². The molecule has 0 heterocycles. The maximum absolute atomic E-state index is 9.62. The molecule has 0 bridgehead atoms.